The van der Waals surface area contributed by atoms with E-state index in [0.717, 1.165) is 44.3 Å². The average molecular weight is 476 g/mol. The number of unbranched alkanes of at least 4 members (excludes halogenated alkanes) is 1. The highest BCUT2D eigenvalue weighted by atomic mass is 127. The number of likely N-dealkylation sites (tertiary alicyclic amines) is 1. The Balaban J connectivity index is 0.00000338. The van der Waals surface area contributed by atoms with E-state index in [2.05, 4.69) is 37.0 Å². The van der Waals surface area contributed by atoms with Crippen LogP contribution in [0.4, 0.5) is 0 Å². The van der Waals surface area contributed by atoms with E-state index in [1.165, 1.54) is 51.7 Å². The Morgan fingerprint density at radius 1 is 1.04 bits per heavy atom. The molecule has 7 heteroatoms. The van der Waals surface area contributed by atoms with E-state index in [0.29, 0.717) is 0 Å². The molecule has 0 saturated carbocycles. The summed E-state index contributed by atoms with van der Waals surface area (Å²) in [5.41, 5.74) is 0. The minimum Gasteiger partial charge on any atom is -0.356 e. The molecule has 2 heterocycles. The number of rotatable bonds is 9. The summed E-state index contributed by atoms with van der Waals surface area (Å²) in [4.78, 5) is 11.2. The lowest BCUT2D eigenvalue weighted by atomic mass is 10.2. The summed E-state index contributed by atoms with van der Waals surface area (Å²) in [6.45, 7) is 8.80. The first-order valence-electron chi connectivity index (χ1n) is 9.94. The zero-order chi connectivity index (χ0) is 17.7. The molecule has 0 bridgehead atoms. The molecule has 2 rings (SSSR count). The Kier molecular flexibility index (Phi) is 12.7. The Labute approximate surface area is 176 Å². The van der Waals surface area contributed by atoms with Crippen LogP contribution in [0.1, 0.15) is 50.8 Å². The van der Waals surface area contributed by atoms with Crippen molar-refractivity contribution in [3.63, 3.8) is 0 Å². The Hall–Kier alpha value is -0.830. The van der Waals surface area contributed by atoms with Crippen LogP contribution >= 0.6 is 24.0 Å². The number of halogens is 1. The van der Waals surface area contributed by atoms with Crippen LogP contribution in [0.15, 0.2) is 17.4 Å². The van der Waals surface area contributed by atoms with Crippen LogP contribution in [0.3, 0.4) is 0 Å². The maximum absolute atomic E-state index is 4.31. The molecule has 0 amide bonds. The highest BCUT2D eigenvalue weighted by molar-refractivity contribution is 14.0. The Morgan fingerprint density at radius 2 is 1.73 bits per heavy atom. The largest absolute Gasteiger partial charge is 0.356 e. The van der Waals surface area contributed by atoms with E-state index in [1.54, 1.807) is 0 Å². The van der Waals surface area contributed by atoms with Gasteiger partial charge < -0.3 is 20.1 Å². The van der Waals surface area contributed by atoms with Crippen molar-refractivity contribution < 1.29 is 0 Å². The fraction of sp³-hybridized carbons (Fsp3) is 0.789. The lowest BCUT2D eigenvalue weighted by Crippen LogP contribution is -2.39. The molecular weight excluding hydrogens is 439 g/mol. The van der Waals surface area contributed by atoms with Crippen molar-refractivity contribution in [2.45, 2.75) is 58.4 Å². The van der Waals surface area contributed by atoms with Crippen LogP contribution in [0.5, 0.6) is 0 Å². The Bertz CT molecular complexity index is 494. The summed E-state index contributed by atoms with van der Waals surface area (Å²) in [7, 11) is 1.85. The molecule has 1 aliphatic rings. The van der Waals surface area contributed by atoms with Gasteiger partial charge >= 0.3 is 0 Å². The predicted octanol–water partition coefficient (Wildman–Crippen LogP) is 3.02. The minimum atomic E-state index is 0. The van der Waals surface area contributed by atoms with Crippen molar-refractivity contribution in [1.82, 2.24) is 25.1 Å². The first-order valence-corrected chi connectivity index (χ1v) is 9.94. The average Bonchev–Trinajstić information content (AvgIpc) is 2.86. The second kappa shape index (κ2) is 14.3. The highest BCUT2D eigenvalue weighted by Crippen LogP contribution is 2.09. The van der Waals surface area contributed by atoms with Gasteiger partial charge in [0, 0.05) is 39.1 Å². The molecule has 0 unspecified atom stereocenters. The number of nitrogens with zero attached hydrogens (tertiary/aromatic N) is 4. The molecule has 0 aromatic carbocycles. The van der Waals surface area contributed by atoms with Gasteiger partial charge in [0.05, 0.1) is 0 Å². The van der Waals surface area contributed by atoms with Gasteiger partial charge in [-0.1, -0.05) is 12.8 Å². The van der Waals surface area contributed by atoms with E-state index in [4.69, 9.17) is 0 Å². The molecule has 1 fully saturated rings. The molecule has 1 aliphatic heterocycles. The molecule has 0 atom stereocenters. The van der Waals surface area contributed by atoms with Gasteiger partial charge in [-0.15, -0.1) is 24.0 Å². The third-order valence-corrected chi connectivity index (χ3v) is 4.91. The molecule has 0 radical (unpaired) electrons. The number of hydrogen-bond donors (Lipinski definition) is 2. The zero-order valence-corrected chi connectivity index (χ0v) is 18.9. The molecule has 1 saturated heterocycles. The molecule has 150 valence electrons. The van der Waals surface area contributed by atoms with Crippen molar-refractivity contribution in [2.24, 2.45) is 4.99 Å². The van der Waals surface area contributed by atoms with Crippen LogP contribution in [0.25, 0.3) is 0 Å². The van der Waals surface area contributed by atoms with Crippen LogP contribution in [-0.4, -0.2) is 60.2 Å². The molecule has 26 heavy (non-hydrogen) atoms. The number of guanidine groups is 1. The maximum Gasteiger partial charge on any atom is 0.190 e. The van der Waals surface area contributed by atoms with E-state index >= 15 is 0 Å². The third-order valence-electron chi connectivity index (χ3n) is 4.91. The molecule has 0 aliphatic carbocycles. The number of aryl methyl sites for hydroxylation is 2. The second-order valence-corrected chi connectivity index (χ2v) is 6.91. The van der Waals surface area contributed by atoms with Gasteiger partial charge in [-0.3, -0.25) is 4.99 Å². The molecule has 2 N–H and O–H groups in total. The smallest absolute Gasteiger partial charge is 0.190 e. The van der Waals surface area contributed by atoms with Crippen molar-refractivity contribution in [1.29, 1.82) is 0 Å². The Morgan fingerprint density at radius 3 is 2.35 bits per heavy atom. The second-order valence-electron chi connectivity index (χ2n) is 6.91. The molecule has 1 aromatic heterocycles. The summed E-state index contributed by atoms with van der Waals surface area (Å²) in [5, 5.41) is 6.85. The number of hydrogen-bond acceptors (Lipinski definition) is 3. The third kappa shape index (κ3) is 9.21. The lowest BCUT2D eigenvalue weighted by molar-refractivity contribution is 0.282. The quantitative estimate of drug-likeness (QED) is 0.249. The number of aliphatic imine (C=N–C) groups is 1. The zero-order valence-electron chi connectivity index (χ0n) is 16.5. The molecular formula is C19H37IN6. The van der Waals surface area contributed by atoms with Gasteiger partial charge in [0.25, 0.3) is 0 Å². The predicted molar refractivity (Wildman–Crippen MR) is 121 cm³/mol. The normalized spacial score (nSPS) is 16.0. The minimum absolute atomic E-state index is 0. The number of imidazole rings is 1. The molecule has 6 nitrogen and oxygen atoms in total. The summed E-state index contributed by atoms with van der Waals surface area (Å²) in [6.07, 6.45) is 12.9. The van der Waals surface area contributed by atoms with Crippen LogP contribution in [-0.2, 0) is 6.54 Å². The van der Waals surface area contributed by atoms with E-state index < -0.39 is 0 Å². The summed E-state index contributed by atoms with van der Waals surface area (Å²) in [5.74, 6) is 2.02. The maximum atomic E-state index is 4.31. The fourth-order valence-corrected chi connectivity index (χ4v) is 3.34. The van der Waals surface area contributed by atoms with E-state index in [-0.39, 0.29) is 24.0 Å². The highest BCUT2D eigenvalue weighted by Gasteiger charge is 2.08. The SMILES string of the molecule is CN=C(NCCCCn1ccnc1C)NCCCN1CCCCCC1.I. The number of nitrogens with one attached hydrogen (secondary N) is 2. The first kappa shape index (κ1) is 23.2. The van der Waals surface area contributed by atoms with Gasteiger partial charge in [-0.2, -0.15) is 0 Å². The van der Waals surface area contributed by atoms with Crippen LogP contribution in [0.2, 0.25) is 0 Å². The summed E-state index contributed by atoms with van der Waals surface area (Å²) in [6, 6.07) is 0. The standard InChI is InChI=1S/C19H36N6.HI/c1-18-21-12-17-25(18)16-8-5-10-22-19(20-2)23-11-9-15-24-13-6-3-4-7-14-24;/h12,17H,3-11,13-16H2,1-2H3,(H2,20,22,23);1H. The summed E-state index contributed by atoms with van der Waals surface area (Å²) >= 11 is 0. The molecule has 0 spiro atoms. The van der Waals surface area contributed by atoms with Crippen molar-refractivity contribution in [3.05, 3.63) is 18.2 Å². The molecule has 1 aromatic rings. The fourth-order valence-electron chi connectivity index (χ4n) is 3.34. The first-order chi connectivity index (χ1) is 12.3. The van der Waals surface area contributed by atoms with Crippen molar-refractivity contribution in [3.8, 4) is 0 Å². The lowest BCUT2D eigenvalue weighted by Gasteiger charge is -2.20. The van der Waals surface area contributed by atoms with Crippen LogP contribution < -0.4 is 10.6 Å². The van der Waals surface area contributed by atoms with Gasteiger partial charge in [-0.25, -0.2) is 4.98 Å². The van der Waals surface area contributed by atoms with E-state index in [1.807, 2.05) is 19.4 Å². The van der Waals surface area contributed by atoms with E-state index in [9.17, 15) is 0 Å². The van der Waals surface area contributed by atoms with Gasteiger partial charge in [0.1, 0.15) is 5.82 Å². The van der Waals surface area contributed by atoms with Gasteiger partial charge in [0.15, 0.2) is 5.96 Å². The number of aromatic nitrogens is 2. The monoisotopic (exact) mass is 476 g/mol. The van der Waals surface area contributed by atoms with Crippen molar-refractivity contribution >= 4 is 29.9 Å². The van der Waals surface area contributed by atoms with Gasteiger partial charge in [0.2, 0.25) is 0 Å². The topological polar surface area (TPSA) is 57.5 Å². The van der Waals surface area contributed by atoms with Crippen LogP contribution in [0, 0.1) is 6.92 Å². The summed E-state index contributed by atoms with van der Waals surface area (Å²) < 4.78 is 2.20. The van der Waals surface area contributed by atoms with Crippen molar-refractivity contribution in [2.75, 3.05) is 39.8 Å². The van der Waals surface area contributed by atoms with Gasteiger partial charge in [-0.05, 0) is 58.7 Å².